The number of halogens is 1. The van der Waals surface area contributed by atoms with E-state index < -0.39 is 0 Å². The van der Waals surface area contributed by atoms with Gasteiger partial charge in [-0.15, -0.1) is 0 Å². The van der Waals surface area contributed by atoms with Gasteiger partial charge in [-0.2, -0.15) is 0 Å². The van der Waals surface area contributed by atoms with Crippen molar-refractivity contribution in [1.29, 1.82) is 0 Å². The summed E-state index contributed by atoms with van der Waals surface area (Å²) < 4.78 is 13.2. The van der Waals surface area contributed by atoms with Crippen LogP contribution in [0.25, 0.3) is 0 Å². The highest BCUT2D eigenvalue weighted by atomic mass is 19.1. The van der Waals surface area contributed by atoms with E-state index in [-0.39, 0.29) is 5.82 Å². The molecule has 2 aromatic rings. The van der Waals surface area contributed by atoms with E-state index in [1.54, 1.807) is 12.1 Å². The quantitative estimate of drug-likeness (QED) is 0.849. The van der Waals surface area contributed by atoms with E-state index in [9.17, 15) is 4.39 Å². The molecule has 0 radical (unpaired) electrons. The molecule has 1 atom stereocenters. The molecule has 2 aliphatic rings. The maximum absolute atomic E-state index is 13.2. The van der Waals surface area contributed by atoms with Crippen molar-refractivity contribution in [2.75, 3.05) is 5.32 Å². The van der Waals surface area contributed by atoms with E-state index in [0.29, 0.717) is 6.04 Å². The number of nitrogens with one attached hydrogen (secondary N) is 1. The third-order valence-corrected chi connectivity index (χ3v) is 4.62. The predicted molar refractivity (Wildman–Crippen MR) is 79.6 cm³/mol. The highest BCUT2D eigenvalue weighted by Gasteiger charge is 2.23. The Morgan fingerprint density at radius 1 is 0.900 bits per heavy atom. The summed E-state index contributed by atoms with van der Waals surface area (Å²) in [6.07, 6.45) is 5.73. The topological polar surface area (TPSA) is 12.0 Å². The van der Waals surface area contributed by atoms with Crippen LogP contribution in [0, 0.1) is 5.82 Å². The van der Waals surface area contributed by atoms with Gasteiger partial charge in [0, 0.05) is 5.69 Å². The normalized spacial score (nSPS) is 19.8. The van der Waals surface area contributed by atoms with E-state index >= 15 is 0 Å². The highest BCUT2D eigenvalue weighted by Crippen LogP contribution is 2.35. The Morgan fingerprint density at radius 2 is 1.80 bits per heavy atom. The number of hydrogen-bond donors (Lipinski definition) is 1. The summed E-state index contributed by atoms with van der Waals surface area (Å²) in [5.74, 6) is -0.123. The molecular formula is C18H18FN. The summed E-state index contributed by atoms with van der Waals surface area (Å²) in [6.45, 7) is 0. The first-order chi connectivity index (χ1) is 9.79. The van der Waals surface area contributed by atoms with Gasteiger partial charge in [-0.1, -0.05) is 12.1 Å². The Labute approximate surface area is 118 Å². The largest absolute Gasteiger partial charge is 0.378 e. The molecule has 0 aliphatic heterocycles. The van der Waals surface area contributed by atoms with Crippen LogP contribution in [0.3, 0.4) is 0 Å². The van der Waals surface area contributed by atoms with E-state index in [0.717, 1.165) is 18.4 Å². The van der Waals surface area contributed by atoms with Crippen LogP contribution in [0.1, 0.15) is 41.1 Å². The number of rotatable bonds is 2. The van der Waals surface area contributed by atoms with Crippen LogP contribution in [-0.2, 0) is 19.3 Å². The first-order valence-corrected chi connectivity index (χ1v) is 7.46. The van der Waals surface area contributed by atoms with Gasteiger partial charge in [0.1, 0.15) is 5.82 Å². The molecule has 0 saturated heterocycles. The van der Waals surface area contributed by atoms with Crippen LogP contribution >= 0.6 is 0 Å². The summed E-state index contributed by atoms with van der Waals surface area (Å²) in [5.41, 5.74) is 6.61. The fraction of sp³-hybridized carbons (Fsp3) is 0.333. The van der Waals surface area contributed by atoms with Crippen LogP contribution in [0.15, 0.2) is 36.4 Å². The monoisotopic (exact) mass is 267 g/mol. The third kappa shape index (κ3) is 2.00. The van der Waals surface area contributed by atoms with Gasteiger partial charge < -0.3 is 5.32 Å². The maximum atomic E-state index is 13.2. The lowest BCUT2D eigenvalue weighted by Gasteiger charge is -2.16. The van der Waals surface area contributed by atoms with Gasteiger partial charge >= 0.3 is 0 Å². The Bertz CT molecular complexity index is 662. The number of hydrogen-bond acceptors (Lipinski definition) is 1. The molecule has 2 heteroatoms. The summed E-state index contributed by atoms with van der Waals surface area (Å²) in [6, 6.07) is 12.2. The van der Waals surface area contributed by atoms with Crippen molar-refractivity contribution in [2.24, 2.45) is 0 Å². The van der Waals surface area contributed by atoms with Crippen LogP contribution in [0.4, 0.5) is 10.1 Å². The van der Waals surface area contributed by atoms with E-state index in [1.807, 2.05) is 6.07 Å². The minimum atomic E-state index is -0.123. The van der Waals surface area contributed by atoms with Gasteiger partial charge in [0.25, 0.3) is 0 Å². The molecule has 4 rings (SSSR count). The van der Waals surface area contributed by atoms with Gasteiger partial charge in [-0.3, -0.25) is 0 Å². The van der Waals surface area contributed by atoms with Crippen LogP contribution < -0.4 is 5.32 Å². The van der Waals surface area contributed by atoms with E-state index in [2.05, 4.69) is 23.5 Å². The van der Waals surface area contributed by atoms with Crippen molar-refractivity contribution in [3.8, 4) is 0 Å². The average Bonchev–Trinajstić information content (AvgIpc) is 3.05. The van der Waals surface area contributed by atoms with Gasteiger partial charge in [0.15, 0.2) is 0 Å². The zero-order valence-electron chi connectivity index (χ0n) is 11.5. The zero-order chi connectivity index (χ0) is 13.5. The summed E-state index contributed by atoms with van der Waals surface area (Å²) in [5, 5.41) is 3.62. The van der Waals surface area contributed by atoms with Gasteiger partial charge in [-0.05, 0) is 78.6 Å². The van der Waals surface area contributed by atoms with Crippen LogP contribution in [0.2, 0.25) is 0 Å². The minimum absolute atomic E-state index is 0.123. The first kappa shape index (κ1) is 12.0. The molecule has 2 aromatic carbocycles. The lowest BCUT2D eigenvalue weighted by Crippen LogP contribution is -2.07. The lowest BCUT2D eigenvalue weighted by atomic mass is 10.1. The Balaban J connectivity index is 1.59. The molecule has 0 spiro atoms. The number of aryl methyl sites for hydroxylation is 3. The Kier molecular flexibility index (Phi) is 2.76. The SMILES string of the molecule is Fc1ccc2c(c1)CCC2Nc1ccc2c(c1)CCC2. The molecule has 102 valence electrons. The van der Waals surface area contributed by atoms with Gasteiger partial charge in [-0.25, -0.2) is 4.39 Å². The second kappa shape index (κ2) is 4.62. The number of anilines is 1. The fourth-order valence-electron chi connectivity index (χ4n) is 3.60. The summed E-state index contributed by atoms with van der Waals surface area (Å²) >= 11 is 0. The average molecular weight is 267 g/mol. The van der Waals surface area contributed by atoms with Crippen molar-refractivity contribution in [3.05, 3.63) is 64.5 Å². The van der Waals surface area contributed by atoms with Crippen molar-refractivity contribution in [2.45, 2.75) is 38.1 Å². The molecule has 1 unspecified atom stereocenters. The van der Waals surface area contributed by atoms with Crippen LogP contribution in [-0.4, -0.2) is 0 Å². The number of benzene rings is 2. The van der Waals surface area contributed by atoms with Crippen molar-refractivity contribution < 1.29 is 4.39 Å². The van der Waals surface area contributed by atoms with E-state index in [4.69, 9.17) is 0 Å². The van der Waals surface area contributed by atoms with Gasteiger partial charge in [0.2, 0.25) is 0 Å². The molecule has 0 bridgehead atoms. The molecule has 0 amide bonds. The first-order valence-electron chi connectivity index (χ1n) is 7.46. The van der Waals surface area contributed by atoms with Gasteiger partial charge in [0.05, 0.1) is 6.04 Å². The second-order valence-corrected chi connectivity index (χ2v) is 5.92. The highest BCUT2D eigenvalue weighted by molar-refractivity contribution is 5.53. The smallest absolute Gasteiger partial charge is 0.123 e. The molecule has 1 N–H and O–H groups in total. The predicted octanol–water partition coefficient (Wildman–Crippen LogP) is 4.41. The van der Waals surface area contributed by atoms with Crippen molar-refractivity contribution in [1.82, 2.24) is 0 Å². The Morgan fingerprint density at radius 3 is 2.75 bits per heavy atom. The lowest BCUT2D eigenvalue weighted by molar-refractivity contribution is 0.626. The Hall–Kier alpha value is -1.83. The number of fused-ring (bicyclic) bond motifs is 2. The molecule has 0 heterocycles. The zero-order valence-corrected chi connectivity index (χ0v) is 11.5. The van der Waals surface area contributed by atoms with Crippen LogP contribution in [0.5, 0.6) is 0 Å². The molecular weight excluding hydrogens is 249 g/mol. The third-order valence-electron chi connectivity index (χ3n) is 4.62. The molecule has 2 aliphatic carbocycles. The standard InChI is InChI=1S/C18H18FN/c19-15-6-8-17-14(10-15)5-9-18(17)20-16-7-4-12-2-1-3-13(12)11-16/h4,6-8,10-11,18,20H,1-3,5,9H2. The van der Waals surface area contributed by atoms with Crippen molar-refractivity contribution in [3.63, 3.8) is 0 Å². The van der Waals surface area contributed by atoms with E-state index in [1.165, 1.54) is 41.6 Å². The van der Waals surface area contributed by atoms with Crippen molar-refractivity contribution >= 4 is 5.69 Å². The molecule has 0 aromatic heterocycles. The second-order valence-electron chi connectivity index (χ2n) is 5.92. The molecule has 1 nitrogen and oxygen atoms in total. The fourth-order valence-corrected chi connectivity index (χ4v) is 3.60. The minimum Gasteiger partial charge on any atom is -0.378 e. The summed E-state index contributed by atoms with van der Waals surface area (Å²) in [7, 11) is 0. The maximum Gasteiger partial charge on any atom is 0.123 e. The summed E-state index contributed by atoms with van der Waals surface area (Å²) in [4.78, 5) is 0. The molecule has 20 heavy (non-hydrogen) atoms. The molecule has 0 fully saturated rings. The molecule has 0 saturated carbocycles.